The SMILES string of the molecule is O=C1C/C=C\CCCCCCCCCCCCCCCCC(=O)O1. The minimum atomic E-state index is -0.418. The lowest BCUT2D eigenvalue weighted by Gasteiger charge is -2.04. The maximum absolute atomic E-state index is 11.6. The van der Waals surface area contributed by atoms with Crippen molar-refractivity contribution in [2.45, 2.75) is 109 Å². The molecule has 0 spiro atoms. The quantitative estimate of drug-likeness (QED) is 0.298. The van der Waals surface area contributed by atoms with E-state index in [2.05, 4.69) is 0 Å². The number of ether oxygens (including phenoxy) is 1. The molecule has 138 valence electrons. The van der Waals surface area contributed by atoms with Gasteiger partial charge < -0.3 is 4.74 Å². The fourth-order valence-electron chi connectivity index (χ4n) is 3.17. The van der Waals surface area contributed by atoms with Gasteiger partial charge in [0.25, 0.3) is 0 Å². The molecule has 0 aromatic rings. The highest BCUT2D eigenvalue weighted by atomic mass is 16.6. The van der Waals surface area contributed by atoms with Crippen LogP contribution in [0.15, 0.2) is 12.2 Å². The van der Waals surface area contributed by atoms with E-state index in [-0.39, 0.29) is 12.4 Å². The zero-order chi connectivity index (χ0) is 17.3. The van der Waals surface area contributed by atoms with Gasteiger partial charge in [-0.05, 0) is 19.3 Å². The third-order valence-corrected chi connectivity index (χ3v) is 4.68. The fraction of sp³-hybridized carbons (Fsp3) is 0.810. The summed E-state index contributed by atoms with van der Waals surface area (Å²) < 4.78 is 4.83. The van der Waals surface area contributed by atoms with E-state index >= 15 is 0 Å². The van der Waals surface area contributed by atoms with Gasteiger partial charge in [0.2, 0.25) is 0 Å². The van der Waals surface area contributed by atoms with E-state index in [1.165, 1.54) is 77.0 Å². The molecule has 3 nitrogen and oxygen atoms in total. The molecule has 1 rings (SSSR count). The molecule has 3 heteroatoms. The summed E-state index contributed by atoms with van der Waals surface area (Å²) in [5.41, 5.74) is 0. The molecule has 0 saturated carbocycles. The first-order valence-corrected chi connectivity index (χ1v) is 10.2. The largest absolute Gasteiger partial charge is 0.393 e. The number of esters is 2. The predicted octanol–water partition coefficient (Wildman–Crippen LogP) is 6.26. The highest BCUT2D eigenvalue weighted by Crippen LogP contribution is 2.14. The summed E-state index contributed by atoms with van der Waals surface area (Å²) in [5, 5.41) is 0. The van der Waals surface area contributed by atoms with Gasteiger partial charge >= 0.3 is 11.9 Å². The Kier molecular flexibility index (Phi) is 13.4. The number of carbonyl (C=O) groups excluding carboxylic acids is 2. The molecule has 0 atom stereocenters. The number of allylic oxidation sites excluding steroid dienone is 1. The van der Waals surface area contributed by atoms with Gasteiger partial charge in [0, 0.05) is 6.42 Å². The van der Waals surface area contributed by atoms with E-state index in [4.69, 9.17) is 4.74 Å². The van der Waals surface area contributed by atoms with Crippen LogP contribution in [0.25, 0.3) is 0 Å². The van der Waals surface area contributed by atoms with Crippen LogP contribution in [0.2, 0.25) is 0 Å². The van der Waals surface area contributed by atoms with Crippen LogP contribution in [0.4, 0.5) is 0 Å². The normalized spacial score (nSPS) is 23.5. The van der Waals surface area contributed by atoms with Gasteiger partial charge in [0.15, 0.2) is 0 Å². The summed E-state index contributed by atoms with van der Waals surface area (Å²) in [6.07, 6.45) is 23.2. The second kappa shape index (κ2) is 15.4. The van der Waals surface area contributed by atoms with E-state index < -0.39 is 5.97 Å². The highest BCUT2D eigenvalue weighted by Gasteiger charge is 2.08. The average Bonchev–Trinajstić information content (AvgIpc) is 2.56. The molecule has 24 heavy (non-hydrogen) atoms. The molecule has 0 unspecified atom stereocenters. The van der Waals surface area contributed by atoms with E-state index in [1.807, 2.05) is 12.2 Å². The van der Waals surface area contributed by atoms with Gasteiger partial charge in [-0.1, -0.05) is 89.2 Å². The first kappa shape index (κ1) is 20.9. The Bertz CT molecular complexity index is 360. The van der Waals surface area contributed by atoms with Gasteiger partial charge in [0.1, 0.15) is 0 Å². The van der Waals surface area contributed by atoms with Crippen LogP contribution in [0, 0.1) is 0 Å². The Morgan fingerprint density at radius 3 is 1.54 bits per heavy atom. The number of hydrogen-bond acceptors (Lipinski definition) is 3. The fourth-order valence-corrected chi connectivity index (χ4v) is 3.17. The van der Waals surface area contributed by atoms with E-state index in [0.717, 1.165) is 19.3 Å². The molecule has 1 heterocycles. The number of rotatable bonds is 0. The van der Waals surface area contributed by atoms with E-state index in [1.54, 1.807) is 0 Å². The summed E-state index contributed by atoms with van der Waals surface area (Å²) in [7, 11) is 0. The third-order valence-electron chi connectivity index (χ3n) is 4.68. The van der Waals surface area contributed by atoms with Crippen molar-refractivity contribution in [3.05, 3.63) is 12.2 Å². The van der Waals surface area contributed by atoms with Gasteiger partial charge in [-0.25, -0.2) is 0 Å². The molecule has 1 aliphatic rings. The van der Waals surface area contributed by atoms with E-state index in [0.29, 0.717) is 6.42 Å². The maximum Gasteiger partial charge on any atom is 0.317 e. The number of cyclic esters (lactones) is 2. The van der Waals surface area contributed by atoms with Crippen LogP contribution in [0.3, 0.4) is 0 Å². The highest BCUT2D eigenvalue weighted by molar-refractivity contribution is 5.86. The molecule has 0 amide bonds. The summed E-state index contributed by atoms with van der Waals surface area (Å²) in [5.74, 6) is -0.783. The molecule has 0 aromatic heterocycles. The molecule has 0 radical (unpaired) electrons. The van der Waals surface area contributed by atoms with Crippen molar-refractivity contribution in [2.75, 3.05) is 0 Å². The van der Waals surface area contributed by atoms with Gasteiger partial charge in [-0.15, -0.1) is 0 Å². The molecular weight excluding hydrogens is 300 g/mol. The van der Waals surface area contributed by atoms with Crippen LogP contribution in [-0.2, 0) is 14.3 Å². The lowest BCUT2D eigenvalue weighted by Crippen LogP contribution is -2.11. The molecule has 0 aliphatic carbocycles. The van der Waals surface area contributed by atoms with Gasteiger partial charge in [0.05, 0.1) is 6.42 Å². The molecule has 1 aliphatic heterocycles. The topological polar surface area (TPSA) is 43.4 Å². The second-order valence-corrected chi connectivity index (χ2v) is 7.01. The Balaban J connectivity index is 2.23. The molecule has 0 saturated heterocycles. The third kappa shape index (κ3) is 13.3. The zero-order valence-electron chi connectivity index (χ0n) is 15.4. The Morgan fingerprint density at radius 1 is 0.542 bits per heavy atom. The average molecular weight is 337 g/mol. The van der Waals surface area contributed by atoms with Crippen LogP contribution >= 0.6 is 0 Å². The zero-order valence-corrected chi connectivity index (χ0v) is 15.4. The first-order chi connectivity index (χ1) is 11.8. The summed E-state index contributed by atoms with van der Waals surface area (Å²) in [6.45, 7) is 0. The van der Waals surface area contributed by atoms with Gasteiger partial charge in [-0.3, -0.25) is 9.59 Å². The Morgan fingerprint density at radius 2 is 1.00 bits per heavy atom. The lowest BCUT2D eigenvalue weighted by molar-refractivity contribution is -0.159. The smallest absolute Gasteiger partial charge is 0.317 e. The van der Waals surface area contributed by atoms with Crippen molar-refractivity contribution in [2.24, 2.45) is 0 Å². The molecule has 0 N–H and O–H groups in total. The molecular formula is C21H36O3. The predicted molar refractivity (Wildman–Crippen MR) is 98.7 cm³/mol. The minimum absolute atomic E-state index is 0.214. The first-order valence-electron chi connectivity index (χ1n) is 10.2. The standard InChI is InChI=1S/C21H36O3/c22-20-18-16-14-12-10-8-6-4-2-1-3-5-7-9-11-13-15-17-19-21(23)24-20/h14,16H,1-13,15,17-19H2/b16-14-. The van der Waals surface area contributed by atoms with Crippen LogP contribution in [0.5, 0.6) is 0 Å². The monoisotopic (exact) mass is 336 g/mol. The molecule has 0 aromatic carbocycles. The van der Waals surface area contributed by atoms with Crippen LogP contribution < -0.4 is 0 Å². The number of hydrogen-bond donors (Lipinski definition) is 0. The summed E-state index contributed by atoms with van der Waals surface area (Å²) in [4.78, 5) is 23.1. The second-order valence-electron chi connectivity index (χ2n) is 7.01. The summed E-state index contributed by atoms with van der Waals surface area (Å²) >= 11 is 0. The van der Waals surface area contributed by atoms with Crippen molar-refractivity contribution in [1.82, 2.24) is 0 Å². The van der Waals surface area contributed by atoms with Gasteiger partial charge in [-0.2, -0.15) is 0 Å². The lowest BCUT2D eigenvalue weighted by atomic mass is 10.0. The van der Waals surface area contributed by atoms with Crippen molar-refractivity contribution in [1.29, 1.82) is 0 Å². The maximum atomic E-state index is 11.6. The molecule has 0 fully saturated rings. The van der Waals surface area contributed by atoms with Crippen LogP contribution in [-0.4, -0.2) is 11.9 Å². The van der Waals surface area contributed by atoms with Crippen molar-refractivity contribution < 1.29 is 14.3 Å². The Labute approximate surface area is 148 Å². The van der Waals surface area contributed by atoms with Crippen molar-refractivity contribution >= 4 is 11.9 Å². The number of carbonyl (C=O) groups is 2. The summed E-state index contributed by atoms with van der Waals surface area (Å²) in [6, 6.07) is 0. The van der Waals surface area contributed by atoms with Crippen molar-refractivity contribution in [3.8, 4) is 0 Å². The van der Waals surface area contributed by atoms with E-state index in [9.17, 15) is 9.59 Å². The van der Waals surface area contributed by atoms with Crippen LogP contribution in [0.1, 0.15) is 109 Å². The molecule has 0 bridgehead atoms. The minimum Gasteiger partial charge on any atom is -0.393 e. The Hall–Kier alpha value is -1.12. The van der Waals surface area contributed by atoms with Crippen molar-refractivity contribution in [3.63, 3.8) is 0 Å².